The van der Waals surface area contributed by atoms with Gasteiger partial charge in [0.1, 0.15) is 0 Å². The van der Waals surface area contributed by atoms with Gasteiger partial charge in [-0.25, -0.2) is 0 Å². The van der Waals surface area contributed by atoms with Crippen LogP contribution in [-0.4, -0.2) is 75.2 Å². The Balaban J connectivity index is 0.00000180. The molecule has 1 saturated heterocycles. The Kier molecular flexibility index (Phi) is 7.68. The highest BCUT2D eigenvalue weighted by Crippen LogP contribution is 2.28. The van der Waals surface area contributed by atoms with Crippen LogP contribution in [0.3, 0.4) is 0 Å². The van der Waals surface area contributed by atoms with E-state index in [1.165, 1.54) is 12.8 Å². The van der Waals surface area contributed by atoms with Crippen molar-refractivity contribution in [3.63, 3.8) is 0 Å². The van der Waals surface area contributed by atoms with E-state index in [0.717, 1.165) is 51.9 Å². The van der Waals surface area contributed by atoms with E-state index in [1.807, 2.05) is 11.9 Å². The van der Waals surface area contributed by atoms with Gasteiger partial charge in [-0.3, -0.25) is 9.69 Å². The second-order valence-corrected chi connectivity index (χ2v) is 5.39. The zero-order chi connectivity index (χ0) is 12.8. The molecule has 0 aromatic heterocycles. The van der Waals surface area contributed by atoms with Crippen LogP contribution in [0.15, 0.2) is 0 Å². The smallest absolute Gasteiger partial charge is 0.236 e. The maximum atomic E-state index is 12.0. The molecule has 5 nitrogen and oxygen atoms in total. The van der Waals surface area contributed by atoms with Crippen LogP contribution in [0.25, 0.3) is 0 Å². The third kappa shape index (κ3) is 6.56. The van der Waals surface area contributed by atoms with E-state index < -0.39 is 0 Å². The molecule has 2 rings (SSSR count). The summed E-state index contributed by atoms with van der Waals surface area (Å²) in [4.78, 5) is 16.0. The Bertz CT molecular complexity index is 269. The molecule has 1 aliphatic carbocycles. The third-order valence-electron chi connectivity index (χ3n) is 3.54. The van der Waals surface area contributed by atoms with E-state index in [4.69, 9.17) is 4.74 Å². The number of nitrogens with zero attached hydrogens (tertiary/aromatic N) is 2. The van der Waals surface area contributed by atoms with Crippen molar-refractivity contribution in [3.8, 4) is 0 Å². The number of piperazine rings is 1. The molecule has 112 valence electrons. The van der Waals surface area contributed by atoms with E-state index in [0.29, 0.717) is 6.54 Å². The second-order valence-electron chi connectivity index (χ2n) is 5.39. The van der Waals surface area contributed by atoms with Gasteiger partial charge in [-0.15, -0.1) is 12.4 Å². The summed E-state index contributed by atoms with van der Waals surface area (Å²) in [7, 11) is 1.99. The third-order valence-corrected chi connectivity index (χ3v) is 3.54. The molecule has 0 aromatic rings. The first-order valence-corrected chi connectivity index (χ1v) is 7.00. The summed E-state index contributed by atoms with van der Waals surface area (Å²) < 4.78 is 5.58. The van der Waals surface area contributed by atoms with E-state index in [2.05, 4.69) is 10.2 Å². The van der Waals surface area contributed by atoms with Gasteiger partial charge in [-0.05, 0) is 25.8 Å². The minimum atomic E-state index is 0. The molecule has 0 aromatic carbocycles. The summed E-state index contributed by atoms with van der Waals surface area (Å²) >= 11 is 0. The summed E-state index contributed by atoms with van der Waals surface area (Å²) in [6, 6.07) is 0. The Morgan fingerprint density at radius 1 is 1.37 bits per heavy atom. The number of ether oxygens (including phenoxy) is 1. The number of carbonyl (C=O) groups excluding carboxylic acids is 1. The van der Waals surface area contributed by atoms with Gasteiger partial charge in [0.2, 0.25) is 5.91 Å². The minimum absolute atomic E-state index is 0. The average Bonchev–Trinajstić information content (AvgIpc) is 3.20. The summed E-state index contributed by atoms with van der Waals surface area (Å²) in [5.74, 6) is 1.05. The van der Waals surface area contributed by atoms with Crippen molar-refractivity contribution in [2.75, 3.05) is 59.5 Å². The summed E-state index contributed by atoms with van der Waals surface area (Å²) in [5, 5.41) is 3.25. The highest BCUT2D eigenvalue weighted by molar-refractivity contribution is 5.85. The first-order chi connectivity index (χ1) is 8.75. The van der Waals surface area contributed by atoms with Crippen molar-refractivity contribution in [1.29, 1.82) is 0 Å². The van der Waals surface area contributed by atoms with Gasteiger partial charge in [0.15, 0.2) is 0 Å². The average molecular weight is 292 g/mol. The molecule has 0 atom stereocenters. The van der Waals surface area contributed by atoms with Crippen LogP contribution >= 0.6 is 12.4 Å². The van der Waals surface area contributed by atoms with Crippen LogP contribution < -0.4 is 5.32 Å². The molecule has 2 fully saturated rings. The molecule has 6 heteroatoms. The van der Waals surface area contributed by atoms with Crippen LogP contribution in [0.5, 0.6) is 0 Å². The lowest BCUT2D eigenvalue weighted by atomic mass is 10.3. The van der Waals surface area contributed by atoms with Gasteiger partial charge >= 0.3 is 0 Å². The summed E-state index contributed by atoms with van der Waals surface area (Å²) in [5.41, 5.74) is 0. The van der Waals surface area contributed by atoms with Gasteiger partial charge in [0, 0.05) is 39.3 Å². The standard InChI is InChI=1S/C13H25N3O2.ClH/c1-15(8-9-18-11-12-2-3-12)10-13(17)16-6-4-14-5-7-16;/h12,14H,2-11H2,1H3;1H. The fraction of sp³-hybridized carbons (Fsp3) is 0.923. The fourth-order valence-electron chi connectivity index (χ4n) is 2.08. The predicted octanol–water partition coefficient (Wildman–Crippen LogP) is 0.198. The second kappa shape index (κ2) is 8.74. The quantitative estimate of drug-likeness (QED) is 0.681. The molecule has 1 aliphatic heterocycles. The number of likely N-dealkylation sites (N-methyl/N-ethyl adjacent to an activating group) is 1. The highest BCUT2D eigenvalue weighted by Gasteiger charge is 2.21. The Hall–Kier alpha value is -0.360. The SMILES string of the molecule is CN(CCOCC1CC1)CC(=O)N1CCNCC1.Cl. The maximum absolute atomic E-state index is 12.0. The van der Waals surface area contributed by atoms with Crippen molar-refractivity contribution in [1.82, 2.24) is 15.1 Å². The molecular formula is C13H26ClN3O2. The first-order valence-electron chi connectivity index (χ1n) is 7.00. The molecule has 1 heterocycles. The van der Waals surface area contributed by atoms with Crippen LogP contribution in [-0.2, 0) is 9.53 Å². The molecule has 1 N–H and O–H groups in total. The highest BCUT2D eigenvalue weighted by atomic mass is 35.5. The number of amides is 1. The van der Waals surface area contributed by atoms with Crippen molar-refractivity contribution >= 4 is 18.3 Å². The topological polar surface area (TPSA) is 44.8 Å². The number of rotatable bonds is 7. The Morgan fingerprint density at radius 3 is 2.68 bits per heavy atom. The molecule has 0 unspecified atom stereocenters. The summed E-state index contributed by atoms with van der Waals surface area (Å²) in [6.45, 7) is 6.49. The number of hydrogen-bond acceptors (Lipinski definition) is 4. The Labute approximate surface area is 122 Å². The van der Waals surface area contributed by atoms with Crippen LogP contribution in [0.2, 0.25) is 0 Å². The number of nitrogens with one attached hydrogen (secondary N) is 1. The number of halogens is 1. The minimum Gasteiger partial charge on any atom is -0.380 e. The molecule has 0 spiro atoms. The first kappa shape index (κ1) is 16.7. The van der Waals surface area contributed by atoms with E-state index in [1.54, 1.807) is 0 Å². The van der Waals surface area contributed by atoms with Gasteiger partial charge in [0.05, 0.1) is 13.2 Å². The van der Waals surface area contributed by atoms with E-state index >= 15 is 0 Å². The summed E-state index contributed by atoms with van der Waals surface area (Å²) in [6.07, 6.45) is 2.66. The molecular weight excluding hydrogens is 266 g/mol. The van der Waals surface area contributed by atoms with Crippen LogP contribution in [0, 0.1) is 5.92 Å². The molecule has 0 radical (unpaired) electrons. The Morgan fingerprint density at radius 2 is 2.05 bits per heavy atom. The zero-order valence-electron chi connectivity index (χ0n) is 11.8. The molecule has 19 heavy (non-hydrogen) atoms. The molecule has 2 aliphatic rings. The lowest BCUT2D eigenvalue weighted by Crippen LogP contribution is -2.49. The normalized spacial score (nSPS) is 19.4. The largest absolute Gasteiger partial charge is 0.380 e. The molecule has 0 bridgehead atoms. The lowest BCUT2D eigenvalue weighted by Gasteiger charge is -2.29. The van der Waals surface area contributed by atoms with Gasteiger partial charge < -0.3 is 15.0 Å². The van der Waals surface area contributed by atoms with Crippen LogP contribution in [0.4, 0.5) is 0 Å². The van der Waals surface area contributed by atoms with Crippen molar-refractivity contribution < 1.29 is 9.53 Å². The van der Waals surface area contributed by atoms with Crippen molar-refractivity contribution in [3.05, 3.63) is 0 Å². The van der Waals surface area contributed by atoms with Gasteiger partial charge in [-0.2, -0.15) is 0 Å². The fourth-order valence-corrected chi connectivity index (χ4v) is 2.08. The molecule has 1 amide bonds. The van der Waals surface area contributed by atoms with E-state index in [-0.39, 0.29) is 18.3 Å². The molecule has 1 saturated carbocycles. The zero-order valence-corrected chi connectivity index (χ0v) is 12.6. The van der Waals surface area contributed by atoms with Crippen molar-refractivity contribution in [2.45, 2.75) is 12.8 Å². The van der Waals surface area contributed by atoms with E-state index in [9.17, 15) is 4.79 Å². The van der Waals surface area contributed by atoms with Crippen molar-refractivity contribution in [2.24, 2.45) is 5.92 Å². The number of hydrogen-bond donors (Lipinski definition) is 1. The predicted molar refractivity (Wildman–Crippen MR) is 77.7 cm³/mol. The van der Waals surface area contributed by atoms with Crippen LogP contribution in [0.1, 0.15) is 12.8 Å². The number of carbonyl (C=O) groups is 1. The van der Waals surface area contributed by atoms with Gasteiger partial charge in [-0.1, -0.05) is 0 Å². The monoisotopic (exact) mass is 291 g/mol. The van der Waals surface area contributed by atoms with Gasteiger partial charge in [0.25, 0.3) is 0 Å². The maximum Gasteiger partial charge on any atom is 0.236 e. The lowest BCUT2D eigenvalue weighted by molar-refractivity contribution is -0.132.